The molecule has 140 valence electrons. The monoisotopic (exact) mass is 431 g/mol. The zero-order valence-corrected chi connectivity index (χ0v) is 17.0. The number of benzene rings is 1. The van der Waals surface area contributed by atoms with Crippen LogP contribution in [0.1, 0.15) is 26.2 Å². The topological polar surface area (TPSA) is 69.7 Å². The highest BCUT2D eigenvalue weighted by atomic mass is 79.9. The molecule has 1 aliphatic rings. The molecular weight excluding hydrogens is 406 g/mol. The van der Waals surface area contributed by atoms with Gasteiger partial charge in [0, 0.05) is 36.3 Å². The van der Waals surface area contributed by atoms with Crippen molar-refractivity contribution in [3.05, 3.63) is 28.7 Å². The van der Waals surface area contributed by atoms with Gasteiger partial charge in [-0.05, 0) is 30.7 Å². The fourth-order valence-corrected chi connectivity index (χ4v) is 4.58. The van der Waals surface area contributed by atoms with E-state index in [1.165, 1.54) is 0 Å². The molecule has 0 aromatic heterocycles. The van der Waals surface area contributed by atoms with Crippen molar-refractivity contribution in [1.82, 2.24) is 9.21 Å². The van der Waals surface area contributed by atoms with Crippen LogP contribution < -0.4 is 5.32 Å². The Labute approximate surface area is 158 Å². The van der Waals surface area contributed by atoms with Crippen LogP contribution in [0.25, 0.3) is 0 Å². The highest BCUT2D eigenvalue weighted by molar-refractivity contribution is 9.10. The molecule has 1 aromatic rings. The number of halogens is 1. The van der Waals surface area contributed by atoms with Gasteiger partial charge in [0.2, 0.25) is 15.9 Å². The maximum atomic E-state index is 12.3. The van der Waals surface area contributed by atoms with Gasteiger partial charge in [-0.3, -0.25) is 9.69 Å². The van der Waals surface area contributed by atoms with Gasteiger partial charge in [-0.25, -0.2) is 8.42 Å². The molecule has 0 unspecified atom stereocenters. The first-order valence-corrected chi connectivity index (χ1v) is 11.1. The summed E-state index contributed by atoms with van der Waals surface area (Å²) in [6.45, 7) is 4.42. The summed E-state index contributed by atoms with van der Waals surface area (Å²) in [6, 6.07) is 7.42. The molecule has 0 bridgehead atoms. The molecule has 1 heterocycles. The third-order valence-corrected chi connectivity index (χ3v) is 6.71. The molecular formula is C17H26BrN3O3S. The zero-order chi connectivity index (χ0) is 18.3. The molecule has 0 aliphatic carbocycles. The quantitative estimate of drug-likeness (QED) is 0.641. The van der Waals surface area contributed by atoms with Gasteiger partial charge in [-0.2, -0.15) is 4.31 Å². The average molecular weight is 432 g/mol. The van der Waals surface area contributed by atoms with Crippen molar-refractivity contribution < 1.29 is 13.2 Å². The maximum absolute atomic E-state index is 12.3. The summed E-state index contributed by atoms with van der Waals surface area (Å²) in [5.74, 6) is 0.145. The number of nitrogens with one attached hydrogen (secondary N) is 1. The van der Waals surface area contributed by atoms with Crippen molar-refractivity contribution in [2.75, 3.05) is 43.8 Å². The molecule has 0 spiro atoms. The van der Waals surface area contributed by atoms with Crippen molar-refractivity contribution in [3.63, 3.8) is 0 Å². The van der Waals surface area contributed by atoms with E-state index in [0.29, 0.717) is 32.6 Å². The van der Waals surface area contributed by atoms with E-state index in [-0.39, 0.29) is 18.2 Å². The van der Waals surface area contributed by atoms with Crippen molar-refractivity contribution in [2.24, 2.45) is 0 Å². The highest BCUT2D eigenvalue weighted by Gasteiger charge is 2.27. The number of anilines is 1. The lowest BCUT2D eigenvalue weighted by atomic mass is 10.3. The number of nitrogens with zero attached hydrogens (tertiary/aromatic N) is 2. The van der Waals surface area contributed by atoms with Gasteiger partial charge >= 0.3 is 0 Å². The number of piperazine rings is 1. The van der Waals surface area contributed by atoms with Crippen LogP contribution in [0, 0.1) is 0 Å². The van der Waals surface area contributed by atoms with Crippen molar-refractivity contribution in [1.29, 1.82) is 0 Å². The minimum absolute atomic E-state index is 0.0819. The van der Waals surface area contributed by atoms with Crippen LogP contribution in [0.3, 0.4) is 0 Å². The van der Waals surface area contributed by atoms with E-state index in [1.807, 2.05) is 29.2 Å². The summed E-state index contributed by atoms with van der Waals surface area (Å²) >= 11 is 3.36. The first-order valence-electron chi connectivity index (χ1n) is 8.66. The first-order chi connectivity index (χ1) is 11.9. The summed E-state index contributed by atoms with van der Waals surface area (Å²) in [5.41, 5.74) is 0.755. The van der Waals surface area contributed by atoms with Crippen LogP contribution in [0.15, 0.2) is 28.7 Å². The molecule has 1 aromatic carbocycles. The lowest BCUT2D eigenvalue weighted by Gasteiger charge is -2.33. The lowest BCUT2D eigenvalue weighted by Crippen LogP contribution is -2.50. The second-order valence-electron chi connectivity index (χ2n) is 6.25. The zero-order valence-electron chi connectivity index (χ0n) is 14.6. The number of carbonyl (C=O) groups is 1. The van der Waals surface area contributed by atoms with Crippen LogP contribution in [0.5, 0.6) is 0 Å². The van der Waals surface area contributed by atoms with Crippen LogP contribution in [-0.2, 0) is 14.8 Å². The van der Waals surface area contributed by atoms with Crippen LogP contribution in [0.2, 0.25) is 0 Å². The van der Waals surface area contributed by atoms with Crippen molar-refractivity contribution in [2.45, 2.75) is 26.2 Å². The summed E-state index contributed by atoms with van der Waals surface area (Å²) < 4.78 is 27.1. The first kappa shape index (κ1) is 20.4. The van der Waals surface area contributed by atoms with Gasteiger partial charge in [-0.1, -0.05) is 35.7 Å². The minimum Gasteiger partial charge on any atom is -0.325 e. The number of unbranched alkanes of at least 4 members (excludes halogenated alkanes) is 2. The summed E-state index contributed by atoms with van der Waals surface area (Å²) in [6.07, 6.45) is 2.67. The molecule has 6 nitrogen and oxygen atoms in total. The Bertz CT molecular complexity index is 656. The molecule has 2 rings (SSSR count). The van der Waals surface area contributed by atoms with E-state index >= 15 is 0 Å². The van der Waals surface area contributed by atoms with Crippen LogP contribution >= 0.6 is 15.9 Å². The van der Waals surface area contributed by atoms with Crippen molar-refractivity contribution in [3.8, 4) is 0 Å². The Morgan fingerprint density at radius 2 is 1.76 bits per heavy atom. The third-order valence-electron chi connectivity index (χ3n) is 4.23. The van der Waals surface area contributed by atoms with Gasteiger partial charge in [0.05, 0.1) is 12.3 Å². The Kier molecular flexibility index (Phi) is 7.86. The minimum atomic E-state index is -3.16. The van der Waals surface area contributed by atoms with E-state index < -0.39 is 10.0 Å². The number of hydrogen-bond acceptors (Lipinski definition) is 4. The van der Waals surface area contributed by atoms with Crippen LogP contribution in [-0.4, -0.2) is 62.0 Å². The average Bonchev–Trinajstić information content (AvgIpc) is 2.57. The van der Waals surface area contributed by atoms with Crippen molar-refractivity contribution >= 4 is 37.5 Å². The molecule has 0 atom stereocenters. The third kappa shape index (κ3) is 6.69. The smallest absolute Gasteiger partial charge is 0.238 e. The Balaban J connectivity index is 1.76. The predicted octanol–water partition coefficient (Wildman–Crippen LogP) is 2.53. The molecule has 1 N–H and O–H groups in total. The van der Waals surface area contributed by atoms with Gasteiger partial charge in [-0.15, -0.1) is 0 Å². The second-order valence-corrected chi connectivity index (χ2v) is 9.26. The SMILES string of the molecule is CCCCCS(=O)(=O)N1CCN(CC(=O)Nc2ccc(Br)cc2)CC1. The van der Waals surface area contributed by atoms with Gasteiger partial charge in [0.25, 0.3) is 0 Å². The number of hydrogen-bond donors (Lipinski definition) is 1. The summed E-state index contributed by atoms with van der Waals surface area (Å²) in [7, 11) is -3.16. The largest absolute Gasteiger partial charge is 0.325 e. The predicted molar refractivity (Wildman–Crippen MR) is 104 cm³/mol. The molecule has 0 radical (unpaired) electrons. The molecule has 25 heavy (non-hydrogen) atoms. The van der Waals surface area contributed by atoms with E-state index in [9.17, 15) is 13.2 Å². The van der Waals surface area contributed by atoms with E-state index in [4.69, 9.17) is 0 Å². The fraction of sp³-hybridized carbons (Fsp3) is 0.588. The van der Waals surface area contributed by atoms with E-state index in [1.54, 1.807) is 4.31 Å². The van der Waals surface area contributed by atoms with E-state index in [0.717, 1.165) is 23.0 Å². The van der Waals surface area contributed by atoms with Gasteiger partial charge in [0.1, 0.15) is 0 Å². The Hall–Kier alpha value is -0.960. The van der Waals surface area contributed by atoms with Gasteiger partial charge < -0.3 is 5.32 Å². The maximum Gasteiger partial charge on any atom is 0.238 e. The highest BCUT2D eigenvalue weighted by Crippen LogP contribution is 2.14. The van der Waals surface area contributed by atoms with Crippen LogP contribution in [0.4, 0.5) is 5.69 Å². The number of rotatable bonds is 8. The molecule has 1 fully saturated rings. The van der Waals surface area contributed by atoms with E-state index in [2.05, 4.69) is 28.2 Å². The Morgan fingerprint density at radius 1 is 1.12 bits per heavy atom. The van der Waals surface area contributed by atoms with Gasteiger partial charge in [0.15, 0.2) is 0 Å². The molecule has 8 heteroatoms. The molecule has 0 saturated carbocycles. The summed E-state index contributed by atoms with van der Waals surface area (Å²) in [4.78, 5) is 14.1. The lowest BCUT2D eigenvalue weighted by molar-refractivity contribution is -0.117. The Morgan fingerprint density at radius 3 is 2.36 bits per heavy atom. The fourth-order valence-electron chi connectivity index (χ4n) is 2.77. The summed E-state index contributed by atoms with van der Waals surface area (Å²) in [5, 5.41) is 2.86. The number of carbonyl (C=O) groups excluding carboxylic acids is 1. The normalized spacial score (nSPS) is 16.7. The molecule has 1 aliphatic heterocycles. The molecule has 1 saturated heterocycles. The number of amides is 1. The molecule has 1 amide bonds. The number of sulfonamides is 1. The standard InChI is InChI=1S/C17H26BrN3O3S/c1-2-3-4-13-25(23,24)21-11-9-20(10-12-21)14-17(22)19-16-7-5-15(18)6-8-16/h5-8H,2-4,9-14H2,1H3,(H,19,22). The second kappa shape index (κ2) is 9.66.